The van der Waals surface area contributed by atoms with Crippen LogP contribution in [-0.2, 0) is 16.1 Å². The van der Waals surface area contributed by atoms with Gasteiger partial charge in [-0.3, -0.25) is 4.79 Å². The number of urea groups is 1. The van der Waals surface area contributed by atoms with Gasteiger partial charge in [-0.05, 0) is 18.4 Å². The highest BCUT2D eigenvalue weighted by atomic mass is 32.2. The fourth-order valence-electron chi connectivity index (χ4n) is 3.07. The highest BCUT2D eigenvalue weighted by Gasteiger charge is 2.42. The molecule has 0 spiro atoms. The number of hydrogen-bond acceptors (Lipinski definition) is 4. The Hall–Kier alpha value is -1.69. The molecule has 2 unspecified atom stereocenters. The number of benzene rings is 1. The van der Waals surface area contributed by atoms with Crippen LogP contribution in [0.1, 0.15) is 31.2 Å². The number of hydrogen-bond donors (Lipinski definition) is 2. The molecule has 1 aromatic rings. The summed E-state index contributed by atoms with van der Waals surface area (Å²) in [7, 11) is 0. The van der Waals surface area contributed by atoms with Crippen LogP contribution in [0, 0.1) is 0 Å². The molecule has 3 rings (SSSR count). The van der Waals surface area contributed by atoms with E-state index >= 15 is 0 Å². The molecule has 3 atom stereocenters. The average Bonchev–Trinajstić information content (AvgIpc) is 3.10. The summed E-state index contributed by atoms with van der Waals surface area (Å²) in [6.45, 7) is 0.347. The summed E-state index contributed by atoms with van der Waals surface area (Å²) in [5.74, 6) is 0.842. The fourth-order valence-corrected chi connectivity index (χ4v) is 4.61. The van der Waals surface area contributed by atoms with Crippen molar-refractivity contribution < 1.29 is 14.3 Å². The van der Waals surface area contributed by atoms with Crippen molar-refractivity contribution in [2.45, 2.75) is 49.6 Å². The normalized spacial score (nSPS) is 25.6. The third kappa shape index (κ3) is 4.41. The molecule has 2 N–H and O–H groups in total. The summed E-state index contributed by atoms with van der Waals surface area (Å²) in [5.41, 5.74) is 1.01. The Morgan fingerprint density at radius 2 is 2.04 bits per heavy atom. The SMILES string of the molecule is O=C1NC2CS[C@H](CCCCC(=O)OCc3ccccc3)C2N1. The molecule has 2 heterocycles. The summed E-state index contributed by atoms with van der Waals surface area (Å²) in [4.78, 5) is 23.1. The van der Waals surface area contributed by atoms with E-state index in [2.05, 4.69) is 10.6 Å². The van der Waals surface area contributed by atoms with Crippen molar-refractivity contribution in [1.82, 2.24) is 10.6 Å². The van der Waals surface area contributed by atoms with Crippen molar-refractivity contribution in [3.05, 3.63) is 35.9 Å². The van der Waals surface area contributed by atoms with E-state index in [4.69, 9.17) is 4.74 Å². The minimum absolute atomic E-state index is 0.0465. The maximum atomic E-state index is 11.7. The van der Waals surface area contributed by atoms with Crippen LogP contribution >= 0.6 is 11.8 Å². The average molecular weight is 334 g/mol. The number of esters is 1. The van der Waals surface area contributed by atoms with E-state index in [-0.39, 0.29) is 24.1 Å². The zero-order chi connectivity index (χ0) is 16.1. The van der Waals surface area contributed by atoms with E-state index in [1.54, 1.807) is 0 Å². The Morgan fingerprint density at radius 1 is 1.22 bits per heavy atom. The molecule has 124 valence electrons. The maximum absolute atomic E-state index is 11.7. The lowest BCUT2D eigenvalue weighted by Gasteiger charge is -2.16. The number of fused-ring (bicyclic) bond motifs is 1. The molecular weight excluding hydrogens is 312 g/mol. The molecule has 2 aliphatic rings. The second-order valence-corrected chi connectivity index (χ2v) is 7.29. The first-order valence-electron chi connectivity index (χ1n) is 8.10. The van der Waals surface area contributed by atoms with Crippen LogP contribution < -0.4 is 10.6 Å². The lowest BCUT2D eigenvalue weighted by molar-refractivity contribution is -0.145. The molecule has 5 nitrogen and oxygen atoms in total. The smallest absolute Gasteiger partial charge is 0.315 e. The van der Waals surface area contributed by atoms with Gasteiger partial charge in [-0.15, -0.1) is 0 Å². The standard InChI is InChI=1S/C17H22N2O3S/c20-15(22-10-12-6-2-1-3-7-12)9-5-4-8-14-16-13(11-23-14)18-17(21)19-16/h1-3,6-7,13-14,16H,4-5,8-11H2,(H2,18,19,21)/t13?,14-,16?/m1/s1. The van der Waals surface area contributed by atoms with Crippen LogP contribution in [0.5, 0.6) is 0 Å². The van der Waals surface area contributed by atoms with E-state index in [1.807, 2.05) is 42.1 Å². The van der Waals surface area contributed by atoms with Gasteiger partial charge in [0, 0.05) is 17.4 Å². The van der Waals surface area contributed by atoms with Gasteiger partial charge < -0.3 is 15.4 Å². The van der Waals surface area contributed by atoms with Crippen molar-refractivity contribution in [2.75, 3.05) is 5.75 Å². The van der Waals surface area contributed by atoms with Crippen molar-refractivity contribution in [2.24, 2.45) is 0 Å². The molecular formula is C17H22N2O3S. The van der Waals surface area contributed by atoms with Gasteiger partial charge in [-0.1, -0.05) is 36.8 Å². The van der Waals surface area contributed by atoms with E-state index in [0.717, 1.165) is 30.6 Å². The number of ether oxygens (including phenoxy) is 1. The number of amides is 2. The topological polar surface area (TPSA) is 67.4 Å². The maximum Gasteiger partial charge on any atom is 0.315 e. The molecule has 0 saturated carbocycles. The minimum atomic E-state index is -0.137. The van der Waals surface area contributed by atoms with Crippen molar-refractivity contribution >= 4 is 23.8 Å². The lowest BCUT2D eigenvalue weighted by atomic mass is 10.0. The lowest BCUT2D eigenvalue weighted by Crippen LogP contribution is -2.36. The van der Waals surface area contributed by atoms with Crippen LogP contribution in [0.25, 0.3) is 0 Å². The van der Waals surface area contributed by atoms with Gasteiger partial charge in [0.25, 0.3) is 0 Å². The molecule has 0 bridgehead atoms. The molecule has 2 amide bonds. The molecule has 2 fully saturated rings. The number of nitrogens with one attached hydrogen (secondary N) is 2. The van der Waals surface area contributed by atoms with Crippen LogP contribution in [0.15, 0.2) is 30.3 Å². The van der Waals surface area contributed by atoms with Gasteiger partial charge in [0.2, 0.25) is 0 Å². The fraction of sp³-hybridized carbons (Fsp3) is 0.529. The Balaban J connectivity index is 1.29. The first-order chi connectivity index (χ1) is 11.2. The van der Waals surface area contributed by atoms with Gasteiger partial charge in [0.05, 0.1) is 12.1 Å². The van der Waals surface area contributed by atoms with Crippen molar-refractivity contribution in [3.8, 4) is 0 Å². The van der Waals surface area contributed by atoms with Crippen LogP contribution in [0.4, 0.5) is 4.79 Å². The number of unbranched alkanes of at least 4 members (excludes halogenated alkanes) is 1. The van der Waals surface area contributed by atoms with Gasteiger partial charge >= 0.3 is 12.0 Å². The van der Waals surface area contributed by atoms with Gasteiger partial charge in [-0.2, -0.15) is 11.8 Å². The molecule has 0 aromatic heterocycles. The Labute approximate surface area is 140 Å². The third-order valence-corrected chi connectivity index (χ3v) is 5.81. The van der Waals surface area contributed by atoms with Crippen molar-refractivity contribution in [3.63, 3.8) is 0 Å². The number of carbonyl (C=O) groups excluding carboxylic acids is 2. The zero-order valence-electron chi connectivity index (χ0n) is 13.0. The number of thioether (sulfide) groups is 1. The second kappa shape index (κ2) is 7.73. The summed E-state index contributed by atoms with van der Waals surface area (Å²) in [5, 5.41) is 6.39. The van der Waals surface area contributed by atoms with Crippen LogP contribution in [0.3, 0.4) is 0 Å². The third-order valence-electron chi connectivity index (χ3n) is 4.30. The van der Waals surface area contributed by atoms with Crippen LogP contribution in [-0.4, -0.2) is 35.1 Å². The highest BCUT2D eigenvalue weighted by Crippen LogP contribution is 2.33. The largest absolute Gasteiger partial charge is 0.461 e. The molecule has 2 saturated heterocycles. The molecule has 2 aliphatic heterocycles. The minimum Gasteiger partial charge on any atom is -0.461 e. The predicted molar refractivity (Wildman–Crippen MR) is 90.2 cm³/mol. The van der Waals surface area contributed by atoms with E-state index in [0.29, 0.717) is 18.3 Å². The van der Waals surface area contributed by atoms with E-state index in [9.17, 15) is 9.59 Å². The first kappa shape index (κ1) is 16.2. The molecule has 0 aliphatic carbocycles. The van der Waals surface area contributed by atoms with E-state index in [1.165, 1.54) is 0 Å². The van der Waals surface area contributed by atoms with E-state index < -0.39 is 0 Å². The predicted octanol–water partition coefficient (Wildman–Crippen LogP) is 2.46. The Morgan fingerprint density at radius 3 is 2.87 bits per heavy atom. The van der Waals surface area contributed by atoms with Gasteiger partial charge in [0.15, 0.2) is 0 Å². The van der Waals surface area contributed by atoms with Crippen molar-refractivity contribution in [1.29, 1.82) is 0 Å². The molecule has 6 heteroatoms. The molecule has 23 heavy (non-hydrogen) atoms. The zero-order valence-corrected chi connectivity index (χ0v) is 13.8. The monoisotopic (exact) mass is 334 g/mol. The molecule has 0 radical (unpaired) electrons. The quantitative estimate of drug-likeness (QED) is 0.457. The summed E-state index contributed by atoms with van der Waals surface area (Å²) in [6, 6.07) is 10.2. The molecule has 1 aromatic carbocycles. The first-order valence-corrected chi connectivity index (χ1v) is 9.15. The summed E-state index contributed by atoms with van der Waals surface area (Å²) in [6.07, 6.45) is 3.31. The van der Waals surface area contributed by atoms with Crippen LogP contribution in [0.2, 0.25) is 0 Å². The summed E-state index contributed by atoms with van der Waals surface area (Å²) < 4.78 is 5.27. The summed E-state index contributed by atoms with van der Waals surface area (Å²) >= 11 is 1.91. The van der Waals surface area contributed by atoms with Gasteiger partial charge in [0.1, 0.15) is 6.61 Å². The Bertz CT molecular complexity index is 552. The number of rotatable bonds is 7. The second-order valence-electron chi connectivity index (χ2n) is 6.01. The number of carbonyl (C=O) groups is 2. The van der Waals surface area contributed by atoms with Gasteiger partial charge in [-0.25, -0.2) is 4.79 Å². The highest BCUT2D eigenvalue weighted by molar-refractivity contribution is 8.00. The Kier molecular flexibility index (Phi) is 5.43.